The van der Waals surface area contributed by atoms with Crippen molar-refractivity contribution >= 4 is 23.2 Å². The summed E-state index contributed by atoms with van der Waals surface area (Å²) in [5.74, 6) is -0.0922. The van der Waals surface area contributed by atoms with Crippen LogP contribution >= 0.6 is 0 Å². The van der Waals surface area contributed by atoms with E-state index in [1.54, 1.807) is 24.3 Å². The van der Waals surface area contributed by atoms with Gasteiger partial charge in [-0.1, -0.05) is 48.5 Å². The average Bonchev–Trinajstić information content (AvgIpc) is 3.00. The molecule has 1 unspecified atom stereocenters. The molecule has 0 aliphatic carbocycles. The molecule has 4 rings (SSSR count). The number of para-hydroxylation sites is 1. The van der Waals surface area contributed by atoms with E-state index in [0.717, 1.165) is 24.1 Å². The van der Waals surface area contributed by atoms with Gasteiger partial charge in [0.25, 0.3) is 5.91 Å². The van der Waals surface area contributed by atoms with Gasteiger partial charge in [0.2, 0.25) is 5.91 Å². The Bertz CT molecular complexity index is 1080. The Labute approximate surface area is 189 Å². The van der Waals surface area contributed by atoms with Gasteiger partial charge in [-0.25, -0.2) is 0 Å². The normalized spacial score (nSPS) is 15.7. The molecule has 5 nitrogen and oxygen atoms in total. The van der Waals surface area contributed by atoms with Crippen LogP contribution in [-0.2, 0) is 11.2 Å². The highest BCUT2D eigenvalue weighted by Gasteiger charge is 2.27. The van der Waals surface area contributed by atoms with Crippen LogP contribution in [0, 0.1) is 0 Å². The lowest BCUT2D eigenvalue weighted by molar-refractivity contribution is -0.115. The van der Waals surface area contributed by atoms with Crippen LogP contribution in [-0.4, -0.2) is 37.4 Å². The minimum absolute atomic E-state index is 0.0148. The molecule has 1 aliphatic rings. The second kappa shape index (κ2) is 9.79. The molecule has 2 amide bonds. The third kappa shape index (κ3) is 4.89. The maximum absolute atomic E-state index is 13.4. The third-order valence-corrected chi connectivity index (χ3v) is 5.94. The summed E-state index contributed by atoms with van der Waals surface area (Å²) in [6, 6.07) is 25.3. The molecule has 0 bridgehead atoms. The van der Waals surface area contributed by atoms with Crippen molar-refractivity contribution in [2.75, 3.05) is 30.9 Å². The highest BCUT2D eigenvalue weighted by molar-refractivity contribution is 6.07. The summed E-state index contributed by atoms with van der Waals surface area (Å²) in [6.07, 6.45) is 2.27. The number of amides is 2. The van der Waals surface area contributed by atoms with E-state index >= 15 is 0 Å². The molecule has 1 heterocycles. The smallest absolute Gasteiger partial charge is 0.258 e. The van der Waals surface area contributed by atoms with Gasteiger partial charge in [-0.15, -0.1) is 0 Å². The lowest BCUT2D eigenvalue weighted by Crippen LogP contribution is -2.31. The third-order valence-electron chi connectivity index (χ3n) is 5.94. The van der Waals surface area contributed by atoms with E-state index in [4.69, 9.17) is 0 Å². The first-order chi connectivity index (χ1) is 15.5. The minimum atomic E-state index is -0.0774. The fourth-order valence-corrected chi connectivity index (χ4v) is 4.32. The van der Waals surface area contributed by atoms with Gasteiger partial charge in [0, 0.05) is 29.5 Å². The van der Waals surface area contributed by atoms with Crippen molar-refractivity contribution < 1.29 is 9.59 Å². The van der Waals surface area contributed by atoms with Gasteiger partial charge in [0.1, 0.15) is 0 Å². The number of hydrogen-bond acceptors (Lipinski definition) is 3. The largest absolute Gasteiger partial charge is 0.326 e. The number of carbonyl (C=O) groups is 2. The predicted octanol–water partition coefficient (Wildman–Crippen LogP) is 4.91. The quantitative estimate of drug-likeness (QED) is 0.629. The zero-order valence-electron chi connectivity index (χ0n) is 18.6. The molecule has 0 radical (unpaired) electrons. The predicted molar refractivity (Wildman–Crippen MR) is 129 cm³/mol. The molecule has 5 heteroatoms. The van der Waals surface area contributed by atoms with Crippen molar-refractivity contribution in [2.45, 2.75) is 25.3 Å². The molecule has 0 saturated carbocycles. The Balaban J connectivity index is 1.48. The molecule has 164 valence electrons. The number of fused-ring (bicyclic) bond motifs is 1. The summed E-state index contributed by atoms with van der Waals surface area (Å²) in [5.41, 5.74) is 4.44. The Morgan fingerprint density at radius 2 is 1.62 bits per heavy atom. The van der Waals surface area contributed by atoms with Gasteiger partial charge < -0.3 is 15.1 Å². The van der Waals surface area contributed by atoms with E-state index in [2.05, 4.69) is 30.4 Å². The van der Waals surface area contributed by atoms with Crippen LogP contribution in [0.3, 0.4) is 0 Å². The molecule has 0 spiro atoms. The van der Waals surface area contributed by atoms with E-state index in [1.165, 1.54) is 5.56 Å². The van der Waals surface area contributed by atoms with Crippen LogP contribution in [0.25, 0.3) is 0 Å². The van der Waals surface area contributed by atoms with Crippen LogP contribution in [0.4, 0.5) is 11.4 Å². The van der Waals surface area contributed by atoms with Crippen molar-refractivity contribution in [1.82, 2.24) is 4.90 Å². The van der Waals surface area contributed by atoms with Crippen molar-refractivity contribution in [2.24, 2.45) is 0 Å². The first kappa shape index (κ1) is 21.8. The van der Waals surface area contributed by atoms with Gasteiger partial charge in [-0.05, 0) is 68.4 Å². The second-order valence-electron chi connectivity index (χ2n) is 8.43. The van der Waals surface area contributed by atoms with Gasteiger partial charge in [-0.3, -0.25) is 9.59 Å². The van der Waals surface area contributed by atoms with Gasteiger partial charge >= 0.3 is 0 Å². The summed E-state index contributed by atoms with van der Waals surface area (Å²) in [5, 5.41) is 2.91. The highest BCUT2D eigenvalue weighted by Crippen LogP contribution is 2.36. The minimum Gasteiger partial charge on any atom is -0.326 e. The Kier molecular flexibility index (Phi) is 6.66. The lowest BCUT2D eigenvalue weighted by Gasteiger charge is -2.27. The molecule has 0 aromatic heterocycles. The van der Waals surface area contributed by atoms with Gasteiger partial charge in [0.15, 0.2) is 0 Å². The molecular weight excluding hydrogens is 398 g/mol. The maximum Gasteiger partial charge on any atom is 0.258 e. The average molecular weight is 428 g/mol. The van der Waals surface area contributed by atoms with Crippen LogP contribution in [0.2, 0.25) is 0 Å². The zero-order valence-corrected chi connectivity index (χ0v) is 18.6. The van der Waals surface area contributed by atoms with Crippen molar-refractivity contribution in [3.63, 3.8) is 0 Å². The molecule has 1 atom stereocenters. The van der Waals surface area contributed by atoms with Crippen LogP contribution in [0.15, 0.2) is 78.9 Å². The van der Waals surface area contributed by atoms with Crippen LogP contribution < -0.4 is 10.2 Å². The Hall–Kier alpha value is -3.44. The number of nitrogens with zero attached hydrogens (tertiary/aromatic N) is 2. The number of rotatable bonds is 5. The maximum atomic E-state index is 13.4. The monoisotopic (exact) mass is 427 g/mol. The number of carbonyl (C=O) groups excluding carboxylic acids is 2. The second-order valence-corrected chi connectivity index (χ2v) is 8.43. The van der Waals surface area contributed by atoms with E-state index in [0.29, 0.717) is 30.3 Å². The van der Waals surface area contributed by atoms with Gasteiger partial charge in [-0.2, -0.15) is 0 Å². The molecule has 3 aromatic carbocycles. The van der Waals surface area contributed by atoms with E-state index in [9.17, 15) is 9.59 Å². The standard InChI is InChI=1S/C27H29N3O2/c1-29(2)24-13-8-18-30(25-12-7-6-11-23(24)25)27(32)21-14-16-22(17-15-21)28-26(31)19-20-9-4-3-5-10-20/h3-7,9-12,14-17,24H,8,13,18-19H2,1-2H3,(H,28,31). The SMILES string of the molecule is CN(C)C1CCCN(C(=O)c2ccc(NC(=O)Cc3ccccc3)cc2)c2ccccc21. The summed E-state index contributed by atoms with van der Waals surface area (Å²) < 4.78 is 0. The van der Waals surface area contributed by atoms with E-state index in [1.807, 2.05) is 53.4 Å². The van der Waals surface area contributed by atoms with Crippen molar-refractivity contribution in [3.05, 3.63) is 95.6 Å². The lowest BCUT2D eigenvalue weighted by atomic mass is 10.0. The molecule has 1 aliphatic heterocycles. The van der Waals surface area contributed by atoms with Crippen molar-refractivity contribution in [3.8, 4) is 0 Å². The molecule has 1 N–H and O–H groups in total. The first-order valence-corrected chi connectivity index (χ1v) is 11.0. The summed E-state index contributed by atoms with van der Waals surface area (Å²) >= 11 is 0. The Morgan fingerprint density at radius 1 is 0.938 bits per heavy atom. The molecular formula is C27H29N3O2. The first-order valence-electron chi connectivity index (χ1n) is 11.0. The molecule has 0 fully saturated rings. The van der Waals surface area contributed by atoms with Crippen LogP contribution in [0.5, 0.6) is 0 Å². The van der Waals surface area contributed by atoms with E-state index in [-0.39, 0.29) is 11.8 Å². The summed E-state index contributed by atoms with van der Waals surface area (Å²) in [6.45, 7) is 0.690. The fraction of sp³-hybridized carbons (Fsp3) is 0.259. The number of anilines is 2. The van der Waals surface area contributed by atoms with Gasteiger partial charge in [0.05, 0.1) is 6.42 Å². The summed E-state index contributed by atoms with van der Waals surface area (Å²) in [7, 11) is 4.17. The molecule has 3 aromatic rings. The number of benzene rings is 3. The molecule has 0 saturated heterocycles. The number of nitrogens with one attached hydrogen (secondary N) is 1. The molecule has 32 heavy (non-hydrogen) atoms. The zero-order chi connectivity index (χ0) is 22.5. The topological polar surface area (TPSA) is 52.6 Å². The summed E-state index contributed by atoms with van der Waals surface area (Å²) in [4.78, 5) is 29.8. The highest BCUT2D eigenvalue weighted by atomic mass is 16.2. The fourth-order valence-electron chi connectivity index (χ4n) is 4.32. The Morgan fingerprint density at radius 3 is 2.34 bits per heavy atom. The van der Waals surface area contributed by atoms with E-state index < -0.39 is 0 Å². The van der Waals surface area contributed by atoms with Crippen LogP contribution in [0.1, 0.15) is 40.4 Å². The van der Waals surface area contributed by atoms with Crippen molar-refractivity contribution in [1.29, 1.82) is 0 Å². The number of hydrogen-bond donors (Lipinski definition) is 1.